The van der Waals surface area contributed by atoms with Gasteiger partial charge in [-0.15, -0.1) is 0 Å². The standard InChI is InChI=1S/C14H24N2O4S/c1-3-11-20-13-4-6-14(7-5-13)21(17,18)16-9-8-15-10-12-19-2/h4-7,15-16H,3,8-12H2,1-2H3. The lowest BCUT2D eigenvalue weighted by Gasteiger charge is -2.09. The maximum atomic E-state index is 12.0. The fraction of sp³-hybridized carbons (Fsp3) is 0.571. The average Bonchev–Trinajstić information content (AvgIpc) is 2.49. The molecule has 0 aliphatic carbocycles. The van der Waals surface area contributed by atoms with Crippen LogP contribution in [0.15, 0.2) is 29.2 Å². The van der Waals surface area contributed by atoms with Gasteiger partial charge in [0.05, 0.1) is 18.1 Å². The maximum absolute atomic E-state index is 12.0. The minimum atomic E-state index is -3.47. The van der Waals surface area contributed by atoms with Crippen LogP contribution in [0.2, 0.25) is 0 Å². The Morgan fingerprint density at radius 2 is 1.76 bits per heavy atom. The molecule has 7 heteroatoms. The fourth-order valence-corrected chi connectivity index (χ4v) is 2.62. The van der Waals surface area contributed by atoms with E-state index in [1.54, 1.807) is 31.4 Å². The summed E-state index contributed by atoms with van der Waals surface area (Å²) in [5.74, 6) is 0.678. The molecule has 0 aliphatic rings. The smallest absolute Gasteiger partial charge is 0.240 e. The summed E-state index contributed by atoms with van der Waals surface area (Å²) in [7, 11) is -1.84. The van der Waals surface area contributed by atoms with Gasteiger partial charge >= 0.3 is 0 Å². The summed E-state index contributed by atoms with van der Waals surface area (Å²) in [6.07, 6.45) is 0.914. The van der Waals surface area contributed by atoms with Gasteiger partial charge in [-0.25, -0.2) is 13.1 Å². The number of sulfonamides is 1. The van der Waals surface area contributed by atoms with E-state index in [9.17, 15) is 8.42 Å². The van der Waals surface area contributed by atoms with Crippen LogP contribution in [0.4, 0.5) is 0 Å². The van der Waals surface area contributed by atoms with Gasteiger partial charge in [-0.2, -0.15) is 0 Å². The van der Waals surface area contributed by atoms with Crippen LogP contribution in [0.3, 0.4) is 0 Å². The summed E-state index contributed by atoms with van der Waals surface area (Å²) in [6, 6.07) is 6.43. The third kappa shape index (κ3) is 6.90. The molecule has 6 nitrogen and oxygen atoms in total. The molecular formula is C14H24N2O4S. The average molecular weight is 316 g/mol. The van der Waals surface area contributed by atoms with Gasteiger partial charge in [-0.3, -0.25) is 0 Å². The molecule has 21 heavy (non-hydrogen) atoms. The molecule has 0 aromatic heterocycles. The number of nitrogens with one attached hydrogen (secondary N) is 2. The maximum Gasteiger partial charge on any atom is 0.240 e. The number of methoxy groups -OCH3 is 1. The van der Waals surface area contributed by atoms with Gasteiger partial charge in [-0.1, -0.05) is 6.92 Å². The molecule has 0 unspecified atom stereocenters. The topological polar surface area (TPSA) is 76.7 Å². The van der Waals surface area contributed by atoms with E-state index in [0.29, 0.717) is 38.6 Å². The van der Waals surface area contributed by atoms with Crippen molar-refractivity contribution < 1.29 is 17.9 Å². The van der Waals surface area contributed by atoms with Gasteiger partial charge in [0.15, 0.2) is 0 Å². The number of ether oxygens (including phenoxy) is 2. The second-order valence-electron chi connectivity index (χ2n) is 4.46. The molecule has 0 heterocycles. The first-order chi connectivity index (χ1) is 10.1. The number of hydrogen-bond donors (Lipinski definition) is 2. The minimum absolute atomic E-state index is 0.239. The predicted molar refractivity (Wildman–Crippen MR) is 82.2 cm³/mol. The van der Waals surface area contributed by atoms with Gasteiger partial charge < -0.3 is 14.8 Å². The van der Waals surface area contributed by atoms with Crippen LogP contribution in [0.1, 0.15) is 13.3 Å². The lowest BCUT2D eigenvalue weighted by Crippen LogP contribution is -2.33. The van der Waals surface area contributed by atoms with Crippen molar-refractivity contribution in [2.75, 3.05) is 40.0 Å². The number of benzene rings is 1. The Balaban J connectivity index is 2.42. The summed E-state index contributed by atoms with van der Waals surface area (Å²) < 4.78 is 36.9. The number of hydrogen-bond acceptors (Lipinski definition) is 5. The van der Waals surface area contributed by atoms with E-state index in [1.807, 2.05) is 6.92 Å². The molecular weight excluding hydrogens is 292 g/mol. The van der Waals surface area contributed by atoms with Crippen LogP contribution < -0.4 is 14.8 Å². The highest BCUT2D eigenvalue weighted by Gasteiger charge is 2.12. The van der Waals surface area contributed by atoms with Gasteiger partial charge in [-0.05, 0) is 30.7 Å². The van der Waals surface area contributed by atoms with Crippen LogP contribution in [0.25, 0.3) is 0 Å². The molecule has 1 aromatic carbocycles. The van der Waals surface area contributed by atoms with E-state index >= 15 is 0 Å². The summed E-state index contributed by atoms with van der Waals surface area (Å²) in [5.41, 5.74) is 0. The van der Waals surface area contributed by atoms with Gasteiger partial charge in [0.1, 0.15) is 5.75 Å². The highest BCUT2D eigenvalue weighted by atomic mass is 32.2. The van der Waals surface area contributed by atoms with Crippen LogP contribution in [0.5, 0.6) is 5.75 Å². The molecule has 0 aliphatic heterocycles. The highest BCUT2D eigenvalue weighted by Crippen LogP contribution is 2.15. The zero-order valence-corrected chi connectivity index (χ0v) is 13.4. The molecule has 120 valence electrons. The van der Waals surface area contributed by atoms with E-state index in [2.05, 4.69) is 10.0 Å². The van der Waals surface area contributed by atoms with E-state index in [-0.39, 0.29) is 4.90 Å². The second kappa shape index (κ2) is 9.73. The van der Waals surface area contributed by atoms with E-state index in [4.69, 9.17) is 9.47 Å². The molecule has 0 saturated carbocycles. The molecule has 0 saturated heterocycles. The summed E-state index contributed by atoms with van der Waals surface area (Å²) in [5, 5.41) is 3.07. The molecule has 0 spiro atoms. The summed E-state index contributed by atoms with van der Waals surface area (Å²) in [4.78, 5) is 0.239. The molecule has 1 rings (SSSR count). The molecule has 0 bridgehead atoms. The molecule has 0 fully saturated rings. The SMILES string of the molecule is CCCOc1ccc(S(=O)(=O)NCCNCCOC)cc1. The van der Waals surface area contributed by atoms with Crippen LogP contribution in [-0.2, 0) is 14.8 Å². The molecule has 2 N–H and O–H groups in total. The lowest BCUT2D eigenvalue weighted by molar-refractivity contribution is 0.199. The molecule has 1 aromatic rings. The van der Waals surface area contributed by atoms with E-state index in [1.165, 1.54) is 0 Å². The Hall–Kier alpha value is -1.15. The van der Waals surface area contributed by atoms with Crippen molar-refractivity contribution in [3.63, 3.8) is 0 Å². The van der Waals surface area contributed by atoms with Crippen LogP contribution >= 0.6 is 0 Å². The van der Waals surface area contributed by atoms with Crippen molar-refractivity contribution in [3.05, 3.63) is 24.3 Å². The van der Waals surface area contributed by atoms with Crippen molar-refractivity contribution in [2.45, 2.75) is 18.2 Å². The monoisotopic (exact) mass is 316 g/mol. The first-order valence-corrected chi connectivity index (χ1v) is 8.50. The van der Waals surface area contributed by atoms with Crippen LogP contribution in [0, 0.1) is 0 Å². The first kappa shape index (κ1) is 17.9. The Labute approximate surface area is 126 Å². The molecule has 0 radical (unpaired) electrons. The Morgan fingerprint density at radius 1 is 1.05 bits per heavy atom. The normalized spacial score (nSPS) is 11.5. The zero-order valence-electron chi connectivity index (χ0n) is 12.6. The number of rotatable bonds is 11. The van der Waals surface area contributed by atoms with Gasteiger partial charge in [0.25, 0.3) is 0 Å². The van der Waals surface area contributed by atoms with Crippen molar-refractivity contribution in [3.8, 4) is 5.75 Å². The van der Waals surface area contributed by atoms with Gasteiger partial charge in [0, 0.05) is 26.7 Å². The van der Waals surface area contributed by atoms with Crippen molar-refractivity contribution >= 4 is 10.0 Å². The highest BCUT2D eigenvalue weighted by molar-refractivity contribution is 7.89. The predicted octanol–water partition coefficient (Wildman–Crippen LogP) is 0.990. The molecule has 0 amide bonds. The van der Waals surface area contributed by atoms with Crippen molar-refractivity contribution in [1.29, 1.82) is 0 Å². The largest absolute Gasteiger partial charge is 0.494 e. The molecule has 0 atom stereocenters. The van der Waals surface area contributed by atoms with E-state index in [0.717, 1.165) is 6.42 Å². The third-order valence-electron chi connectivity index (χ3n) is 2.68. The van der Waals surface area contributed by atoms with Crippen LogP contribution in [-0.4, -0.2) is 48.4 Å². The third-order valence-corrected chi connectivity index (χ3v) is 4.16. The Morgan fingerprint density at radius 3 is 2.38 bits per heavy atom. The quantitative estimate of drug-likeness (QED) is 0.595. The Kier molecular flexibility index (Phi) is 8.29. The summed E-state index contributed by atoms with van der Waals surface area (Å²) >= 11 is 0. The first-order valence-electron chi connectivity index (χ1n) is 7.02. The second-order valence-corrected chi connectivity index (χ2v) is 6.23. The summed E-state index contributed by atoms with van der Waals surface area (Å²) in [6.45, 7) is 4.83. The zero-order chi connectivity index (χ0) is 15.6. The van der Waals surface area contributed by atoms with Crippen molar-refractivity contribution in [1.82, 2.24) is 10.0 Å². The van der Waals surface area contributed by atoms with Crippen molar-refractivity contribution in [2.24, 2.45) is 0 Å². The van der Waals surface area contributed by atoms with Gasteiger partial charge in [0.2, 0.25) is 10.0 Å². The Bertz CT molecular complexity index is 488. The minimum Gasteiger partial charge on any atom is -0.494 e. The lowest BCUT2D eigenvalue weighted by atomic mass is 10.3. The fourth-order valence-electron chi connectivity index (χ4n) is 1.59. The van der Waals surface area contributed by atoms with E-state index < -0.39 is 10.0 Å².